The van der Waals surface area contributed by atoms with Crippen LogP contribution in [0.5, 0.6) is 0 Å². The lowest BCUT2D eigenvalue weighted by atomic mass is 9.92. The molecular formula is C13H18F3N3O2S. The third kappa shape index (κ3) is 3.58. The molecule has 2 rings (SSSR count). The molecule has 1 atom stereocenters. The number of sulfonamides is 1. The number of pyridine rings is 1. The monoisotopic (exact) mass is 337 g/mol. The summed E-state index contributed by atoms with van der Waals surface area (Å²) in [4.78, 5) is 2.98. The molecule has 1 fully saturated rings. The van der Waals surface area contributed by atoms with Gasteiger partial charge in [-0.3, -0.25) is 4.98 Å². The molecule has 5 nitrogen and oxygen atoms in total. The predicted octanol–water partition coefficient (Wildman–Crippen LogP) is 1.85. The molecule has 2 N–H and O–H groups in total. The maximum atomic E-state index is 12.5. The van der Waals surface area contributed by atoms with Crippen molar-refractivity contribution < 1.29 is 21.6 Å². The highest BCUT2D eigenvalue weighted by Gasteiger charge is 2.34. The Morgan fingerprint density at radius 2 is 1.91 bits per heavy atom. The van der Waals surface area contributed by atoms with Crippen LogP contribution in [0.3, 0.4) is 0 Å². The number of piperidine rings is 1. The van der Waals surface area contributed by atoms with Gasteiger partial charge in [0.2, 0.25) is 10.0 Å². The summed E-state index contributed by atoms with van der Waals surface area (Å²) in [6.45, 7) is 2.51. The fraction of sp³-hybridized carbons (Fsp3) is 0.615. The van der Waals surface area contributed by atoms with Crippen LogP contribution in [0.4, 0.5) is 13.2 Å². The second-order valence-electron chi connectivity index (χ2n) is 5.48. The van der Waals surface area contributed by atoms with Crippen LogP contribution in [0.2, 0.25) is 0 Å². The van der Waals surface area contributed by atoms with Crippen LogP contribution in [-0.4, -0.2) is 36.8 Å². The first-order valence-electron chi connectivity index (χ1n) is 6.91. The Kier molecular flexibility index (Phi) is 4.78. The first-order chi connectivity index (χ1) is 10.1. The van der Waals surface area contributed by atoms with Gasteiger partial charge in [0, 0.05) is 25.3 Å². The molecule has 1 aromatic rings. The Morgan fingerprint density at radius 3 is 2.32 bits per heavy atom. The summed E-state index contributed by atoms with van der Waals surface area (Å²) < 4.78 is 63.4. The molecule has 9 heteroatoms. The van der Waals surface area contributed by atoms with Gasteiger partial charge in [-0.1, -0.05) is 0 Å². The van der Waals surface area contributed by atoms with Gasteiger partial charge in [-0.2, -0.15) is 17.5 Å². The van der Waals surface area contributed by atoms with E-state index in [2.05, 4.69) is 4.98 Å². The van der Waals surface area contributed by atoms with Crippen molar-refractivity contribution in [2.75, 3.05) is 13.1 Å². The van der Waals surface area contributed by atoms with Gasteiger partial charge in [-0.25, -0.2) is 8.42 Å². The van der Waals surface area contributed by atoms with Crippen LogP contribution in [0.1, 0.15) is 25.5 Å². The molecule has 1 unspecified atom stereocenters. The van der Waals surface area contributed by atoms with Gasteiger partial charge in [-0.15, -0.1) is 0 Å². The third-order valence-electron chi connectivity index (χ3n) is 3.91. The highest BCUT2D eigenvalue weighted by atomic mass is 32.2. The zero-order valence-electron chi connectivity index (χ0n) is 12.0. The van der Waals surface area contributed by atoms with Gasteiger partial charge in [-0.05, 0) is 37.8 Å². The number of nitrogens with two attached hydrogens (primary N) is 1. The zero-order valence-corrected chi connectivity index (χ0v) is 12.9. The molecule has 2 heterocycles. The van der Waals surface area contributed by atoms with E-state index >= 15 is 0 Å². The summed E-state index contributed by atoms with van der Waals surface area (Å²) in [5, 5.41) is 0. The lowest BCUT2D eigenvalue weighted by Crippen LogP contribution is -2.42. The van der Waals surface area contributed by atoms with E-state index in [-0.39, 0.29) is 16.9 Å². The van der Waals surface area contributed by atoms with E-state index in [1.54, 1.807) is 0 Å². The molecule has 124 valence electrons. The van der Waals surface area contributed by atoms with E-state index in [1.165, 1.54) is 4.31 Å². The zero-order chi connectivity index (χ0) is 16.5. The largest absolute Gasteiger partial charge is 0.433 e. The maximum Gasteiger partial charge on any atom is 0.433 e. The van der Waals surface area contributed by atoms with Gasteiger partial charge in [0.1, 0.15) is 10.6 Å². The standard InChI is InChI=1S/C13H18F3N3O2S/c1-9(17)10-4-6-19(7-5-10)22(20,21)11-2-3-12(18-8-11)13(14,15)16/h2-3,8-10H,4-7,17H2,1H3. The van der Waals surface area contributed by atoms with Gasteiger partial charge < -0.3 is 5.73 Å². The van der Waals surface area contributed by atoms with E-state index in [4.69, 9.17) is 5.73 Å². The quantitative estimate of drug-likeness (QED) is 0.913. The van der Waals surface area contributed by atoms with Crippen molar-refractivity contribution in [2.24, 2.45) is 11.7 Å². The molecule has 0 aromatic carbocycles. The molecule has 0 bridgehead atoms. The Hall–Kier alpha value is -1.19. The van der Waals surface area contributed by atoms with E-state index in [0.29, 0.717) is 32.0 Å². The molecular weight excluding hydrogens is 319 g/mol. The normalized spacial score (nSPS) is 20.0. The molecule has 0 spiro atoms. The minimum Gasteiger partial charge on any atom is -0.328 e. The molecule has 1 saturated heterocycles. The van der Waals surface area contributed by atoms with E-state index in [9.17, 15) is 21.6 Å². The summed E-state index contributed by atoms with van der Waals surface area (Å²) >= 11 is 0. The molecule has 0 radical (unpaired) electrons. The second-order valence-corrected chi connectivity index (χ2v) is 7.42. The molecule has 0 aliphatic carbocycles. The lowest BCUT2D eigenvalue weighted by molar-refractivity contribution is -0.141. The van der Waals surface area contributed by atoms with Crippen LogP contribution in [0.15, 0.2) is 23.2 Å². The van der Waals surface area contributed by atoms with E-state index < -0.39 is 21.9 Å². The van der Waals surface area contributed by atoms with Gasteiger partial charge in [0.15, 0.2) is 0 Å². The summed E-state index contributed by atoms with van der Waals surface area (Å²) in [6.07, 6.45) is -2.54. The van der Waals surface area contributed by atoms with Crippen LogP contribution >= 0.6 is 0 Å². The van der Waals surface area contributed by atoms with Crippen LogP contribution in [0, 0.1) is 5.92 Å². The van der Waals surface area contributed by atoms with Crippen molar-refractivity contribution in [2.45, 2.75) is 36.9 Å². The number of aromatic nitrogens is 1. The topological polar surface area (TPSA) is 76.3 Å². The smallest absolute Gasteiger partial charge is 0.328 e. The molecule has 1 aliphatic heterocycles. The average molecular weight is 337 g/mol. The van der Waals surface area contributed by atoms with Crippen LogP contribution in [-0.2, 0) is 16.2 Å². The Bertz CT molecular complexity index is 606. The minimum absolute atomic E-state index is 0.00223. The number of hydrogen-bond acceptors (Lipinski definition) is 4. The Morgan fingerprint density at radius 1 is 1.32 bits per heavy atom. The number of nitrogens with zero attached hydrogens (tertiary/aromatic N) is 2. The van der Waals surface area contributed by atoms with Gasteiger partial charge in [0.05, 0.1) is 0 Å². The van der Waals surface area contributed by atoms with Crippen molar-refractivity contribution in [1.82, 2.24) is 9.29 Å². The van der Waals surface area contributed by atoms with Crippen molar-refractivity contribution in [1.29, 1.82) is 0 Å². The molecule has 0 saturated carbocycles. The van der Waals surface area contributed by atoms with Crippen molar-refractivity contribution in [3.05, 3.63) is 24.0 Å². The average Bonchev–Trinajstić information content (AvgIpc) is 2.46. The van der Waals surface area contributed by atoms with Gasteiger partial charge >= 0.3 is 6.18 Å². The maximum absolute atomic E-state index is 12.5. The SMILES string of the molecule is CC(N)C1CCN(S(=O)(=O)c2ccc(C(F)(F)F)nc2)CC1. The number of halogens is 3. The van der Waals surface area contributed by atoms with E-state index in [1.807, 2.05) is 6.92 Å². The summed E-state index contributed by atoms with van der Waals surface area (Å²) in [6, 6.07) is 1.63. The van der Waals surface area contributed by atoms with Crippen molar-refractivity contribution >= 4 is 10.0 Å². The first kappa shape index (κ1) is 17.2. The molecule has 22 heavy (non-hydrogen) atoms. The highest BCUT2D eigenvalue weighted by Crippen LogP contribution is 2.29. The Balaban J connectivity index is 2.14. The summed E-state index contributed by atoms with van der Waals surface area (Å²) in [5.41, 5.74) is 4.70. The summed E-state index contributed by atoms with van der Waals surface area (Å²) in [7, 11) is -3.81. The molecule has 1 aromatic heterocycles. The fourth-order valence-corrected chi connectivity index (χ4v) is 3.91. The van der Waals surface area contributed by atoms with Gasteiger partial charge in [0.25, 0.3) is 0 Å². The van der Waals surface area contributed by atoms with E-state index in [0.717, 1.165) is 12.3 Å². The van der Waals surface area contributed by atoms with Crippen molar-refractivity contribution in [3.63, 3.8) is 0 Å². The van der Waals surface area contributed by atoms with Crippen LogP contribution < -0.4 is 5.73 Å². The number of alkyl halides is 3. The molecule has 0 amide bonds. The fourth-order valence-electron chi connectivity index (χ4n) is 2.49. The number of rotatable bonds is 3. The first-order valence-corrected chi connectivity index (χ1v) is 8.35. The minimum atomic E-state index is -4.59. The predicted molar refractivity (Wildman–Crippen MR) is 74.4 cm³/mol. The Labute approximate surface area is 127 Å². The second kappa shape index (κ2) is 6.13. The lowest BCUT2D eigenvalue weighted by Gasteiger charge is -2.32. The number of hydrogen-bond donors (Lipinski definition) is 1. The highest BCUT2D eigenvalue weighted by molar-refractivity contribution is 7.89. The van der Waals surface area contributed by atoms with Crippen LogP contribution in [0.25, 0.3) is 0 Å². The van der Waals surface area contributed by atoms with Crippen molar-refractivity contribution in [3.8, 4) is 0 Å². The molecule has 1 aliphatic rings. The summed E-state index contributed by atoms with van der Waals surface area (Å²) in [5.74, 6) is 0.261. The third-order valence-corrected chi connectivity index (χ3v) is 5.79.